The van der Waals surface area contributed by atoms with Crippen LogP contribution in [0.25, 0.3) is 0 Å². The van der Waals surface area contributed by atoms with E-state index in [1.807, 2.05) is 0 Å². The van der Waals surface area contributed by atoms with Gasteiger partial charge in [0.1, 0.15) is 11.6 Å². The Morgan fingerprint density at radius 2 is 2.35 bits per heavy atom. The molecule has 1 N–H and O–H groups in total. The molecule has 0 amide bonds. The Balaban J connectivity index is 2.39. The first kappa shape index (κ1) is 14.9. The van der Waals surface area contributed by atoms with Gasteiger partial charge < -0.3 is 9.84 Å². The fourth-order valence-electron chi connectivity index (χ4n) is 1.66. The zero-order valence-corrected chi connectivity index (χ0v) is 12.8. The first-order chi connectivity index (χ1) is 9.49. The molecule has 0 saturated heterocycles. The molecule has 8 heteroatoms. The van der Waals surface area contributed by atoms with Gasteiger partial charge in [0.2, 0.25) is 5.75 Å². The molecule has 1 aromatic heterocycles. The van der Waals surface area contributed by atoms with Gasteiger partial charge in [-0.1, -0.05) is 15.9 Å². The van der Waals surface area contributed by atoms with Crippen molar-refractivity contribution in [1.82, 2.24) is 4.98 Å². The van der Waals surface area contributed by atoms with E-state index in [1.165, 1.54) is 24.3 Å². The molecule has 0 spiro atoms. The molecular formula is C12H11BrN2O4S. The maximum Gasteiger partial charge on any atom is 0.312 e. The number of hydrogen-bond acceptors (Lipinski definition) is 6. The van der Waals surface area contributed by atoms with Gasteiger partial charge >= 0.3 is 5.69 Å². The first-order valence-electron chi connectivity index (χ1n) is 5.66. The van der Waals surface area contributed by atoms with Crippen LogP contribution in [-0.2, 0) is 6.61 Å². The summed E-state index contributed by atoms with van der Waals surface area (Å²) in [4.78, 5) is 14.6. The summed E-state index contributed by atoms with van der Waals surface area (Å²) in [6.45, 7) is 1.65. The van der Waals surface area contributed by atoms with E-state index in [0.29, 0.717) is 15.0 Å². The van der Waals surface area contributed by atoms with Crippen LogP contribution in [0.3, 0.4) is 0 Å². The lowest BCUT2D eigenvalue weighted by molar-refractivity contribution is -0.386. The summed E-state index contributed by atoms with van der Waals surface area (Å²) in [6.07, 6.45) is 0.757. The van der Waals surface area contributed by atoms with Crippen molar-refractivity contribution in [1.29, 1.82) is 0 Å². The predicted molar refractivity (Wildman–Crippen MR) is 77.9 cm³/mol. The highest BCUT2D eigenvalue weighted by molar-refractivity contribution is 9.10. The fraction of sp³-hybridized carbons (Fsp3) is 0.250. The summed E-state index contributed by atoms with van der Waals surface area (Å²) in [5.74, 6) is 0.0726. The van der Waals surface area contributed by atoms with Crippen molar-refractivity contribution in [3.05, 3.63) is 48.9 Å². The third-order valence-corrected chi connectivity index (χ3v) is 3.74. The molecule has 20 heavy (non-hydrogen) atoms. The van der Waals surface area contributed by atoms with Crippen molar-refractivity contribution in [3.8, 4) is 5.75 Å². The quantitative estimate of drug-likeness (QED) is 0.653. The number of rotatable bonds is 5. The average molecular weight is 359 g/mol. The lowest BCUT2D eigenvalue weighted by Crippen LogP contribution is -2.04. The molecular weight excluding hydrogens is 348 g/mol. The van der Waals surface area contributed by atoms with Gasteiger partial charge in [0.25, 0.3) is 0 Å². The number of nitro groups is 1. The van der Waals surface area contributed by atoms with Crippen LogP contribution >= 0.6 is 27.3 Å². The van der Waals surface area contributed by atoms with Crippen molar-refractivity contribution in [2.75, 3.05) is 0 Å². The van der Waals surface area contributed by atoms with Crippen molar-refractivity contribution < 1.29 is 14.8 Å². The number of aromatic nitrogens is 1. The van der Waals surface area contributed by atoms with Crippen LogP contribution in [0.2, 0.25) is 0 Å². The summed E-state index contributed by atoms with van der Waals surface area (Å²) >= 11 is 4.59. The number of aliphatic hydroxyl groups is 1. The number of benzene rings is 1. The molecule has 0 saturated carbocycles. The first-order valence-corrected chi connectivity index (χ1v) is 7.33. The lowest BCUT2D eigenvalue weighted by atomic mass is 10.1. The molecule has 106 valence electrons. The van der Waals surface area contributed by atoms with Gasteiger partial charge in [0.15, 0.2) is 0 Å². The van der Waals surface area contributed by atoms with E-state index < -0.39 is 11.0 Å². The highest BCUT2D eigenvalue weighted by Crippen LogP contribution is 2.38. The predicted octanol–water partition coefficient (Wildman–Crippen LogP) is 3.45. The van der Waals surface area contributed by atoms with Gasteiger partial charge in [-0.15, -0.1) is 11.3 Å². The molecule has 1 heterocycles. The Labute approximate surface area is 127 Å². The van der Waals surface area contributed by atoms with E-state index in [-0.39, 0.29) is 18.0 Å². The standard InChI is InChI=1S/C12H11BrN2O4S/c1-7(16)9-4-8(13)5-10(15(17)18)12(9)19-6-11-14-2-3-20-11/h2-5,7,16H,6H2,1H3/t7-/m0/s1. The number of hydrogen-bond donors (Lipinski definition) is 1. The fourth-order valence-corrected chi connectivity index (χ4v) is 2.65. The second-order valence-electron chi connectivity index (χ2n) is 3.99. The van der Waals surface area contributed by atoms with E-state index in [9.17, 15) is 15.2 Å². The normalized spacial score (nSPS) is 12.2. The second-order valence-corrected chi connectivity index (χ2v) is 5.89. The van der Waals surface area contributed by atoms with Crippen molar-refractivity contribution in [3.63, 3.8) is 0 Å². The Bertz CT molecular complexity index is 616. The van der Waals surface area contributed by atoms with Gasteiger partial charge in [-0.3, -0.25) is 10.1 Å². The molecule has 0 bridgehead atoms. The molecule has 0 radical (unpaired) electrons. The summed E-state index contributed by atoms with van der Waals surface area (Å²) < 4.78 is 6.03. The van der Waals surface area contributed by atoms with Crippen LogP contribution in [0.1, 0.15) is 23.6 Å². The highest BCUT2D eigenvalue weighted by Gasteiger charge is 2.23. The average Bonchev–Trinajstić information content (AvgIpc) is 2.89. The Kier molecular flexibility index (Phi) is 4.69. The van der Waals surface area contributed by atoms with Gasteiger partial charge in [-0.2, -0.15) is 0 Å². The summed E-state index contributed by atoms with van der Waals surface area (Å²) in [5.41, 5.74) is 0.175. The lowest BCUT2D eigenvalue weighted by Gasteiger charge is -2.13. The number of ether oxygens (including phenoxy) is 1. The largest absolute Gasteiger partial charge is 0.479 e. The van der Waals surface area contributed by atoms with Crippen molar-refractivity contribution in [2.45, 2.75) is 19.6 Å². The Morgan fingerprint density at radius 3 is 2.90 bits per heavy atom. The molecule has 0 aliphatic rings. The second kappa shape index (κ2) is 6.29. The van der Waals surface area contributed by atoms with Crippen LogP contribution in [0.4, 0.5) is 5.69 Å². The molecule has 1 aromatic carbocycles. The molecule has 0 unspecified atom stereocenters. The maximum atomic E-state index is 11.1. The zero-order valence-electron chi connectivity index (χ0n) is 10.4. The monoisotopic (exact) mass is 358 g/mol. The molecule has 2 rings (SSSR count). The molecule has 0 aliphatic carbocycles. The minimum absolute atomic E-state index is 0.0726. The van der Waals surface area contributed by atoms with E-state index in [0.717, 1.165) is 0 Å². The SMILES string of the molecule is C[C@H](O)c1cc(Br)cc([N+](=O)[O-])c1OCc1nccs1. The molecule has 1 atom stereocenters. The van der Waals surface area contributed by atoms with Crippen molar-refractivity contribution in [2.24, 2.45) is 0 Å². The van der Waals surface area contributed by atoms with Crippen LogP contribution in [0.15, 0.2) is 28.2 Å². The zero-order chi connectivity index (χ0) is 14.7. The number of nitro benzene ring substituents is 1. The van der Waals surface area contributed by atoms with Gasteiger partial charge in [-0.05, 0) is 13.0 Å². The van der Waals surface area contributed by atoms with E-state index in [4.69, 9.17) is 4.74 Å². The molecule has 6 nitrogen and oxygen atoms in total. The Hall–Kier alpha value is -1.51. The number of aliphatic hydroxyl groups excluding tert-OH is 1. The summed E-state index contributed by atoms with van der Waals surface area (Å²) in [5, 5.41) is 23.4. The molecule has 2 aromatic rings. The summed E-state index contributed by atoms with van der Waals surface area (Å²) in [6, 6.07) is 2.96. The van der Waals surface area contributed by atoms with Crippen LogP contribution in [-0.4, -0.2) is 15.0 Å². The minimum atomic E-state index is -0.877. The third kappa shape index (κ3) is 3.33. The van der Waals surface area contributed by atoms with Crippen LogP contribution in [0.5, 0.6) is 5.75 Å². The van der Waals surface area contributed by atoms with Gasteiger partial charge in [-0.25, -0.2) is 4.98 Å². The number of thiazole rings is 1. The van der Waals surface area contributed by atoms with Gasteiger partial charge in [0, 0.05) is 27.7 Å². The number of halogens is 1. The van der Waals surface area contributed by atoms with Crippen LogP contribution in [0, 0.1) is 10.1 Å². The maximum absolute atomic E-state index is 11.1. The summed E-state index contributed by atoms with van der Waals surface area (Å²) in [7, 11) is 0. The van der Waals surface area contributed by atoms with E-state index in [1.54, 1.807) is 17.6 Å². The van der Waals surface area contributed by atoms with Gasteiger partial charge in [0.05, 0.1) is 11.0 Å². The van der Waals surface area contributed by atoms with Crippen molar-refractivity contribution >= 4 is 33.0 Å². The Morgan fingerprint density at radius 1 is 1.60 bits per heavy atom. The van der Waals surface area contributed by atoms with E-state index >= 15 is 0 Å². The smallest absolute Gasteiger partial charge is 0.312 e. The molecule has 0 aliphatic heterocycles. The molecule has 0 fully saturated rings. The van der Waals surface area contributed by atoms with E-state index in [2.05, 4.69) is 20.9 Å². The highest BCUT2D eigenvalue weighted by atomic mass is 79.9. The van der Waals surface area contributed by atoms with Crippen LogP contribution < -0.4 is 4.74 Å². The topological polar surface area (TPSA) is 85.5 Å². The third-order valence-electron chi connectivity index (χ3n) is 2.53. The number of nitrogens with zero attached hydrogens (tertiary/aromatic N) is 2. The minimum Gasteiger partial charge on any atom is -0.479 e.